The molecule has 0 spiro atoms. The van der Waals surface area contributed by atoms with Crippen LogP contribution in [0.3, 0.4) is 0 Å². The van der Waals surface area contributed by atoms with Gasteiger partial charge < -0.3 is 10.2 Å². The predicted octanol–water partition coefficient (Wildman–Crippen LogP) is 5.61. The van der Waals surface area contributed by atoms with Gasteiger partial charge in [0.15, 0.2) is 0 Å². The molecule has 0 aliphatic rings. The molecular weight excluding hydrogens is 320 g/mol. The van der Waals surface area contributed by atoms with E-state index in [4.69, 9.17) is 0 Å². The molecule has 0 aliphatic carbocycles. The molecule has 0 unspecified atom stereocenters. The Morgan fingerprint density at radius 3 is 1.73 bits per heavy atom. The van der Waals surface area contributed by atoms with E-state index in [0.717, 1.165) is 16.7 Å². The van der Waals surface area contributed by atoms with E-state index in [0.29, 0.717) is 18.4 Å². The summed E-state index contributed by atoms with van der Waals surface area (Å²) in [7, 11) is 0. The minimum absolute atomic E-state index is 0.121. The molecule has 0 fully saturated rings. The van der Waals surface area contributed by atoms with Crippen LogP contribution < -0.4 is 0 Å². The smallest absolute Gasteiger partial charge is 0.126 e. The maximum Gasteiger partial charge on any atom is 0.126 e. The lowest BCUT2D eigenvalue weighted by Gasteiger charge is -2.09. The summed E-state index contributed by atoms with van der Waals surface area (Å²) in [5, 5.41) is 20.6. The third kappa shape index (κ3) is 4.64. The van der Waals surface area contributed by atoms with Crippen LogP contribution in [0.15, 0.2) is 84.9 Å². The molecule has 0 aromatic heterocycles. The van der Waals surface area contributed by atoms with E-state index in [9.17, 15) is 10.2 Å². The first-order valence-electron chi connectivity index (χ1n) is 8.70. The lowest BCUT2D eigenvalue weighted by molar-refractivity contribution is 0.437. The van der Waals surface area contributed by atoms with Gasteiger partial charge in [0.25, 0.3) is 0 Å². The molecule has 0 saturated carbocycles. The van der Waals surface area contributed by atoms with Gasteiger partial charge in [-0.25, -0.2) is 0 Å². The van der Waals surface area contributed by atoms with Gasteiger partial charge in [0.05, 0.1) is 0 Å². The zero-order chi connectivity index (χ0) is 18.2. The number of hydrogen-bond acceptors (Lipinski definition) is 2. The Kier molecular flexibility index (Phi) is 5.89. The van der Waals surface area contributed by atoms with Crippen molar-refractivity contribution < 1.29 is 10.2 Å². The number of hydrogen-bond donors (Lipinski definition) is 2. The molecule has 0 atom stereocenters. The van der Waals surface area contributed by atoms with Gasteiger partial charge in [0.2, 0.25) is 0 Å². The molecule has 2 N–H and O–H groups in total. The molecule has 2 heteroatoms. The maximum atomic E-state index is 10.5. The minimum atomic E-state index is 0.121. The molecule has 3 aromatic carbocycles. The van der Waals surface area contributed by atoms with Crippen molar-refractivity contribution in [2.24, 2.45) is 0 Å². The number of benzene rings is 3. The van der Waals surface area contributed by atoms with Gasteiger partial charge in [-0.3, -0.25) is 0 Å². The average molecular weight is 342 g/mol. The summed E-state index contributed by atoms with van der Waals surface area (Å²) in [6.07, 6.45) is 9.07. The van der Waals surface area contributed by atoms with Gasteiger partial charge in [-0.2, -0.15) is 0 Å². The second-order valence-corrected chi connectivity index (χ2v) is 6.11. The molecule has 0 aliphatic heterocycles. The van der Waals surface area contributed by atoms with Crippen LogP contribution in [0.4, 0.5) is 0 Å². The SMILES string of the molecule is Oc1ccc(CC=Cc2ccccc2)c(O)c1CC=Cc1ccccc1. The molecule has 0 saturated heterocycles. The standard InChI is InChI=1S/C24H22O2/c25-23-18-17-21(15-7-13-19-9-3-1-4-10-19)24(26)22(23)16-8-14-20-11-5-2-6-12-20/h1-14,17-18,25-26H,15-16H2. The summed E-state index contributed by atoms with van der Waals surface area (Å²) in [5.41, 5.74) is 3.58. The Balaban J connectivity index is 1.71. The van der Waals surface area contributed by atoms with Crippen molar-refractivity contribution in [3.8, 4) is 11.5 Å². The fourth-order valence-electron chi connectivity index (χ4n) is 2.80. The van der Waals surface area contributed by atoms with E-state index in [2.05, 4.69) is 0 Å². The quantitative estimate of drug-likeness (QED) is 0.611. The molecule has 3 aromatic rings. The topological polar surface area (TPSA) is 40.5 Å². The predicted molar refractivity (Wildman–Crippen MR) is 108 cm³/mol. The van der Waals surface area contributed by atoms with Crippen molar-refractivity contribution in [2.75, 3.05) is 0 Å². The molecule has 0 amide bonds. The lowest BCUT2D eigenvalue weighted by Crippen LogP contribution is -1.90. The Morgan fingerprint density at radius 1 is 0.615 bits per heavy atom. The zero-order valence-corrected chi connectivity index (χ0v) is 14.5. The maximum absolute atomic E-state index is 10.5. The van der Waals surface area contributed by atoms with Gasteiger partial charge in [-0.1, -0.05) is 91.0 Å². The molecule has 0 radical (unpaired) electrons. The number of allylic oxidation sites excluding steroid dienone is 2. The van der Waals surface area contributed by atoms with Crippen molar-refractivity contribution in [1.29, 1.82) is 0 Å². The largest absolute Gasteiger partial charge is 0.508 e. The van der Waals surface area contributed by atoms with E-state index in [1.807, 2.05) is 85.0 Å². The van der Waals surface area contributed by atoms with Crippen LogP contribution in [0.5, 0.6) is 11.5 Å². The van der Waals surface area contributed by atoms with Crippen molar-refractivity contribution in [3.05, 3.63) is 107 Å². The van der Waals surface area contributed by atoms with Crippen LogP contribution >= 0.6 is 0 Å². The summed E-state index contributed by atoms with van der Waals surface area (Å²) < 4.78 is 0. The fraction of sp³-hybridized carbons (Fsp3) is 0.0833. The van der Waals surface area contributed by atoms with E-state index < -0.39 is 0 Å². The monoisotopic (exact) mass is 342 g/mol. The zero-order valence-electron chi connectivity index (χ0n) is 14.5. The molecule has 2 nitrogen and oxygen atoms in total. The lowest BCUT2D eigenvalue weighted by atomic mass is 10.0. The highest BCUT2D eigenvalue weighted by molar-refractivity contribution is 5.55. The number of phenolic OH excluding ortho intramolecular Hbond substituents is 2. The molecule has 26 heavy (non-hydrogen) atoms. The Morgan fingerprint density at radius 2 is 1.15 bits per heavy atom. The van der Waals surface area contributed by atoms with E-state index >= 15 is 0 Å². The highest BCUT2D eigenvalue weighted by Crippen LogP contribution is 2.32. The summed E-state index contributed by atoms with van der Waals surface area (Å²) in [6.45, 7) is 0. The average Bonchev–Trinajstić information content (AvgIpc) is 2.68. The molecule has 130 valence electrons. The minimum Gasteiger partial charge on any atom is -0.508 e. The van der Waals surface area contributed by atoms with Crippen LogP contribution in [-0.4, -0.2) is 10.2 Å². The second-order valence-electron chi connectivity index (χ2n) is 6.11. The Bertz CT molecular complexity index is 894. The van der Waals surface area contributed by atoms with E-state index in [1.165, 1.54) is 0 Å². The summed E-state index contributed by atoms with van der Waals surface area (Å²) >= 11 is 0. The third-order valence-electron chi connectivity index (χ3n) is 4.22. The van der Waals surface area contributed by atoms with Crippen LogP contribution in [0.2, 0.25) is 0 Å². The Labute approximate surface area is 154 Å². The highest BCUT2D eigenvalue weighted by Gasteiger charge is 2.10. The van der Waals surface area contributed by atoms with Gasteiger partial charge in [-0.15, -0.1) is 0 Å². The number of rotatable bonds is 6. The molecule has 0 bridgehead atoms. The van der Waals surface area contributed by atoms with Crippen molar-refractivity contribution >= 4 is 12.2 Å². The summed E-state index contributed by atoms with van der Waals surface area (Å²) in [4.78, 5) is 0. The first-order chi connectivity index (χ1) is 12.7. The normalized spacial score (nSPS) is 11.4. The van der Waals surface area contributed by atoms with Gasteiger partial charge in [-0.05, 0) is 35.6 Å². The molecular formula is C24H22O2. The van der Waals surface area contributed by atoms with Crippen LogP contribution in [0.1, 0.15) is 22.3 Å². The first-order valence-corrected chi connectivity index (χ1v) is 8.70. The molecule has 3 rings (SSSR count). The molecule has 0 heterocycles. The summed E-state index contributed by atoms with van der Waals surface area (Å²) in [5.74, 6) is 0.288. The van der Waals surface area contributed by atoms with E-state index in [1.54, 1.807) is 12.1 Å². The highest BCUT2D eigenvalue weighted by atomic mass is 16.3. The van der Waals surface area contributed by atoms with Crippen LogP contribution in [0.25, 0.3) is 12.2 Å². The van der Waals surface area contributed by atoms with Crippen molar-refractivity contribution in [3.63, 3.8) is 0 Å². The fourth-order valence-corrected chi connectivity index (χ4v) is 2.80. The van der Waals surface area contributed by atoms with Gasteiger partial charge in [0.1, 0.15) is 11.5 Å². The second kappa shape index (κ2) is 8.72. The van der Waals surface area contributed by atoms with Crippen LogP contribution in [0, 0.1) is 0 Å². The Hall–Kier alpha value is -3.26. The number of phenols is 2. The number of aromatic hydroxyl groups is 2. The third-order valence-corrected chi connectivity index (χ3v) is 4.22. The first kappa shape index (κ1) is 17.6. The van der Waals surface area contributed by atoms with E-state index in [-0.39, 0.29) is 11.5 Å². The van der Waals surface area contributed by atoms with Gasteiger partial charge in [0, 0.05) is 5.56 Å². The van der Waals surface area contributed by atoms with Crippen LogP contribution in [-0.2, 0) is 12.8 Å². The van der Waals surface area contributed by atoms with Gasteiger partial charge >= 0.3 is 0 Å². The van der Waals surface area contributed by atoms with Crippen molar-refractivity contribution in [2.45, 2.75) is 12.8 Å². The summed E-state index contributed by atoms with van der Waals surface area (Å²) in [6, 6.07) is 23.4. The van der Waals surface area contributed by atoms with Crippen molar-refractivity contribution in [1.82, 2.24) is 0 Å².